The molecule has 8 nitrogen and oxygen atoms in total. The number of nitro benzene ring substituents is 1. The molecule has 29 heavy (non-hydrogen) atoms. The van der Waals surface area contributed by atoms with Crippen LogP contribution in [0, 0.1) is 16.0 Å². The van der Waals surface area contributed by atoms with Crippen molar-refractivity contribution in [3.05, 3.63) is 28.3 Å². The number of benzene rings is 1. The van der Waals surface area contributed by atoms with Crippen molar-refractivity contribution in [3.8, 4) is 0 Å². The minimum Gasteiger partial charge on any atom is -0.374 e. The van der Waals surface area contributed by atoms with Gasteiger partial charge < -0.3 is 9.64 Å². The summed E-state index contributed by atoms with van der Waals surface area (Å²) < 4.78 is 34.3. The summed E-state index contributed by atoms with van der Waals surface area (Å²) in [6.07, 6.45) is 6.62. The molecule has 9 heteroatoms. The molecule has 0 spiro atoms. The van der Waals surface area contributed by atoms with Gasteiger partial charge in [-0.15, -0.1) is 0 Å². The Balaban J connectivity index is 1.59. The lowest BCUT2D eigenvalue weighted by Crippen LogP contribution is -2.48. The van der Waals surface area contributed by atoms with Crippen LogP contribution < -0.4 is 9.62 Å². The number of anilines is 1. The van der Waals surface area contributed by atoms with Gasteiger partial charge in [0.1, 0.15) is 5.69 Å². The predicted octanol–water partition coefficient (Wildman–Crippen LogP) is 3.21. The normalized spacial score (nSPS) is 30.2. The standard InChI is InChI=1S/C20H29N3O5S/c1-14-5-7-15(8-6-14)21-29(26,27)16-9-10-17(19(13-16)23(24)25)22-11-12-28-20-4-2-3-18(20)22/h9-10,13-15,18,20-21H,2-8,11-12H2,1H3. The van der Waals surface area contributed by atoms with Gasteiger partial charge in [-0.05, 0) is 63.0 Å². The van der Waals surface area contributed by atoms with Crippen LogP contribution in [0.5, 0.6) is 0 Å². The summed E-state index contributed by atoms with van der Waals surface area (Å²) in [4.78, 5) is 13.3. The second-order valence-corrected chi connectivity index (χ2v) is 10.3. The molecule has 1 N–H and O–H groups in total. The van der Waals surface area contributed by atoms with Crippen molar-refractivity contribution in [2.24, 2.45) is 5.92 Å². The second kappa shape index (κ2) is 8.20. The summed E-state index contributed by atoms with van der Waals surface area (Å²) in [6.45, 7) is 3.28. The van der Waals surface area contributed by atoms with Gasteiger partial charge in [0.15, 0.2) is 0 Å². The van der Waals surface area contributed by atoms with Crippen LogP contribution in [0.25, 0.3) is 0 Å². The molecule has 4 rings (SSSR count). The smallest absolute Gasteiger partial charge is 0.293 e. The van der Waals surface area contributed by atoms with Gasteiger partial charge in [-0.3, -0.25) is 10.1 Å². The average Bonchev–Trinajstić information content (AvgIpc) is 3.18. The number of rotatable bonds is 5. The quantitative estimate of drug-likeness (QED) is 0.576. The third kappa shape index (κ3) is 4.27. The monoisotopic (exact) mass is 423 g/mol. The van der Waals surface area contributed by atoms with E-state index in [-0.39, 0.29) is 28.8 Å². The first-order chi connectivity index (χ1) is 13.8. The van der Waals surface area contributed by atoms with Gasteiger partial charge in [0.05, 0.1) is 28.6 Å². The molecule has 1 aromatic carbocycles. The highest BCUT2D eigenvalue weighted by Gasteiger charge is 2.38. The molecule has 1 aromatic rings. The molecular weight excluding hydrogens is 394 g/mol. The van der Waals surface area contributed by atoms with E-state index in [1.807, 2.05) is 4.90 Å². The van der Waals surface area contributed by atoms with Crippen molar-refractivity contribution in [2.45, 2.75) is 75.0 Å². The van der Waals surface area contributed by atoms with Crippen LogP contribution in [0.3, 0.4) is 0 Å². The SMILES string of the molecule is CC1CCC(NS(=O)(=O)c2ccc(N3CCOC4CCCC43)c([N+](=O)[O-])c2)CC1. The Labute approximate surface area is 171 Å². The molecule has 0 aromatic heterocycles. The second-order valence-electron chi connectivity index (χ2n) is 8.59. The number of ether oxygens (including phenoxy) is 1. The van der Waals surface area contributed by atoms with E-state index in [1.54, 1.807) is 6.07 Å². The van der Waals surface area contributed by atoms with Gasteiger partial charge in [-0.1, -0.05) is 6.92 Å². The molecular formula is C20H29N3O5S. The number of nitrogens with one attached hydrogen (secondary N) is 1. The van der Waals surface area contributed by atoms with E-state index in [2.05, 4.69) is 11.6 Å². The number of nitro groups is 1. The maximum atomic E-state index is 12.9. The fourth-order valence-electron chi connectivity index (χ4n) is 4.95. The molecule has 1 aliphatic heterocycles. The molecule has 1 heterocycles. The highest BCUT2D eigenvalue weighted by atomic mass is 32.2. The molecule has 0 amide bonds. The third-order valence-corrected chi connectivity index (χ3v) is 8.10. The molecule has 2 unspecified atom stereocenters. The van der Waals surface area contributed by atoms with Crippen LogP contribution in [-0.4, -0.2) is 44.7 Å². The lowest BCUT2D eigenvalue weighted by atomic mass is 9.88. The van der Waals surface area contributed by atoms with Crippen molar-refractivity contribution in [1.82, 2.24) is 4.72 Å². The Bertz CT molecular complexity index is 867. The van der Waals surface area contributed by atoms with Crippen LogP contribution in [0.15, 0.2) is 23.1 Å². The molecule has 2 aliphatic carbocycles. The van der Waals surface area contributed by atoms with Crippen LogP contribution in [0.1, 0.15) is 51.9 Å². The van der Waals surface area contributed by atoms with E-state index in [9.17, 15) is 18.5 Å². The van der Waals surface area contributed by atoms with Crippen LogP contribution in [0.4, 0.5) is 11.4 Å². The number of fused-ring (bicyclic) bond motifs is 1. The van der Waals surface area contributed by atoms with Gasteiger partial charge in [0.25, 0.3) is 5.69 Å². The molecule has 1 saturated heterocycles. The predicted molar refractivity (Wildman–Crippen MR) is 110 cm³/mol. The van der Waals surface area contributed by atoms with Crippen molar-refractivity contribution >= 4 is 21.4 Å². The first-order valence-corrected chi connectivity index (χ1v) is 12.0. The summed E-state index contributed by atoms with van der Waals surface area (Å²) in [6, 6.07) is 4.31. The highest BCUT2D eigenvalue weighted by Crippen LogP contribution is 2.38. The number of hydrogen-bond donors (Lipinski definition) is 1. The molecule has 3 fully saturated rings. The van der Waals surface area contributed by atoms with Crippen LogP contribution in [-0.2, 0) is 14.8 Å². The van der Waals surface area contributed by atoms with Crippen LogP contribution >= 0.6 is 0 Å². The molecule has 2 atom stereocenters. The molecule has 2 saturated carbocycles. The average molecular weight is 424 g/mol. The van der Waals surface area contributed by atoms with Crippen molar-refractivity contribution < 1.29 is 18.1 Å². The number of sulfonamides is 1. The van der Waals surface area contributed by atoms with E-state index in [0.29, 0.717) is 24.8 Å². The zero-order chi connectivity index (χ0) is 20.6. The minimum atomic E-state index is -3.80. The van der Waals surface area contributed by atoms with E-state index in [0.717, 1.165) is 44.9 Å². The van der Waals surface area contributed by atoms with E-state index in [4.69, 9.17) is 4.74 Å². The summed E-state index contributed by atoms with van der Waals surface area (Å²) in [5.74, 6) is 0.615. The van der Waals surface area contributed by atoms with Gasteiger partial charge in [0.2, 0.25) is 10.0 Å². The van der Waals surface area contributed by atoms with Crippen molar-refractivity contribution in [1.29, 1.82) is 0 Å². The van der Waals surface area contributed by atoms with Gasteiger partial charge in [-0.2, -0.15) is 0 Å². The first kappa shape index (κ1) is 20.6. The lowest BCUT2D eigenvalue weighted by molar-refractivity contribution is -0.384. The number of hydrogen-bond acceptors (Lipinski definition) is 6. The number of morpholine rings is 1. The Hall–Kier alpha value is -1.71. The van der Waals surface area contributed by atoms with E-state index in [1.165, 1.54) is 12.1 Å². The largest absolute Gasteiger partial charge is 0.374 e. The zero-order valence-electron chi connectivity index (χ0n) is 16.7. The molecule has 160 valence electrons. The van der Waals surface area contributed by atoms with Gasteiger partial charge in [0, 0.05) is 18.7 Å². The Kier molecular flexibility index (Phi) is 5.81. The molecule has 3 aliphatic rings. The molecule has 0 bridgehead atoms. The number of nitrogens with zero attached hydrogens (tertiary/aromatic N) is 2. The van der Waals surface area contributed by atoms with Crippen LogP contribution in [0.2, 0.25) is 0 Å². The molecule has 0 radical (unpaired) electrons. The zero-order valence-corrected chi connectivity index (χ0v) is 17.6. The maximum absolute atomic E-state index is 12.9. The summed E-state index contributed by atoms with van der Waals surface area (Å²) in [7, 11) is -3.80. The summed E-state index contributed by atoms with van der Waals surface area (Å²) in [5.41, 5.74) is 0.332. The lowest BCUT2D eigenvalue weighted by Gasteiger charge is -2.39. The van der Waals surface area contributed by atoms with Crippen molar-refractivity contribution in [3.63, 3.8) is 0 Å². The van der Waals surface area contributed by atoms with E-state index >= 15 is 0 Å². The fraction of sp³-hybridized carbons (Fsp3) is 0.700. The highest BCUT2D eigenvalue weighted by molar-refractivity contribution is 7.89. The van der Waals surface area contributed by atoms with Gasteiger partial charge >= 0.3 is 0 Å². The Morgan fingerprint density at radius 3 is 2.66 bits per heavy atom. The maximum Gasteiger partial charge on any atom is 0.293 e. The summed E-state index contributed by atoms with van der Waals surface area (Å²) in [5, 5.41) is 11.8. The first-order valence-electron chi connectivity index (χ1n) is 10.5. The fourth-order valence-corrected chi connectivity index (χ4v) is 6.27. The minimum absolute atomic E-state index is 0.0391. The Morgan fingerprint density at radius 2 is 1.93 bits per heavy atom. The summed E-state index contributed by atoms with van der Waals surface area (Å²) >= 11 is 0. The van der Waals surface area contributed by atoms with Crippen molar-refractivity contribution in [2.75, 3.05) is 18.1 Å². The topological polar surface area (TPSA) is 102 Å². The third-order valence-electron chi connectivity index (χ3n) is 6.58. The Morgan fingerprint density at radius 1 is 1.17 bits per heavy atom. The van der Waals surface area contributed by atoms with E-state index < -0.39 is 14.9 Å². The van der Waals surface area contributed by atoms with Gasteiger partial charge in [-0.25, -0.2) is 13.1 Å².